The van der Waals surface area contributed by atoms with E-state index < -0.39 is 6.04 Å². The molecule has 0 bridgehead atoms. The number of hydrogen-bond acceptors (Lipinski definition) is 2. The second-order valence-corrected chi connectivity index (χ2v) is 4.49. The molecule has 0 heterocycles. The Kier molecular flexibility index (Phi) is 6.00. The fourth-order valence-corrected chi connectivity index (χ4v) is 1.50. The molecule has 0 aromatic heterocycles. The first-order chi connectivity index (χ1) is 6.91. The smallest absolute Gasteiger partial charge is 0.240 e. The standard InChI is InChI=1S/C11H15BrN2O.ClH/c1-6-4-9(5-7(2)10(6)12)14-11(15)8(3)13;/h4-5,8H,13H2,1-3H3,(H,14,15);1H. The predicted molar refractivity (Wildman–Crippen MR) is 73.1 cm³/mol. The fraction of sp³-hybridized carbons (Fsp3) is 0.364. The molecule has 0 aliphatic heterocycles. The molecule has 1 rings (SSSR count). The molecule has 0 aliphatic rings. The summed E-state index contributed by atoms with van der Waals surface area (Å²) in [5, 5.41) is 2.77. The van der Waals surface area contributed by atoms with Gasteiger partial charge in [-0.25, -0.2) is 0 Å². The third-order valence-corrected chi connectivity index (χ3v) is 3.37. The molecule has 0 saturated carbocycles. The summed E-state index contributed by atoms with van der Waals surface area (Å²) in [6.45, 7) is 5.63. The van der Waals surface area contributed by atoms with Crippen LogP contribution in [0, 0.1) is 13.8 Å². The Bertz CT molecular complexity index is 371. The Labute approximate surface area is 110 Å². The number of hydrogen-bond donors (Lipinski definition) is 2. The van der Waals surface area contributed by atoms with Gasteiger partial charge in [0.05, 0.1) is 6.04 Å². The zero-order valence-electron chi connectivity index (χ0n) is 9.50. The molecule has 0 aliphatic carbocycles. The van der Waals surface area contributed by atoms with E-state index >= 15 is 0 Å². The number of aryl methyl sites for hydroxylation is 2. The van der Waals surface area contributed by atoms with Gasteiger partial charge >= 0.3 is 0 Å². The number of anilines is 1. The zero-order valence-corrected chi connectivity index (χ0v) is 11.9. The van der Waals surface area contributed by atoms with Crippen LogP contribution in [0.4, 0.5) is 5.69 Å². The molecule has 1 atom stereocenters. The molecule has 3 N–H and O–H groups in total. The first-order valence-corrected chi connectivity index (χ1v) is 5.54. The zero-order chi connectivity index (χ0) is 11.6. The number of carbonyl (C=O) groups is 1. The second-order valence-electron chi connectivity index (χ2n) is 3.70. The lowest BCUT2D eigenvalue weighted by Gasteiger charge is -2.11. The van der Waals surface area contributed by atoms with Crippen LogP contribution in [-0.4, -0.2) is 11.9 Å². The topological polar surface area (TPSA) is 55.1 Å². The van der Waals surface area contributed by atoms with Crippen molar-refractivity contribution in [1.82, 2.24) is 0 Å². The van der Waals surface area contributed by atoms with E-state index in [4.69, 9.17) is 5.73 Å². The molecule has 16 heavy (non-hydrogen) atoms. The first-order valence-electron chi connectivity index (χ1n) is 4.75. The molecule has 0 fully saturated rings. The minimum atomic E-state index is -0.491. The van der Waals surface area contributed by atoms with E-state index in [9.17, 15) is 4.79 Å². The quantitative estimate of drug-likeness (QED) is 0.883. The van der Waals surface area contributed by atoms with Gasteiger partial charge in [-0.3, -0.25) is 4.79 Å². The van der Waals surface area contributed by atoms with Gasteiger partial charge in [0, 0.05) is 10.2 Å². The number of nitrogens with two attached hydrogens (primary N) is 1. The van der Waals surface area contributed by atoms with Gasteiger partial charge < -0.3 is 11.1 Å². The summed E-state index contributed by atoms with van der Waals surface area (Å²) in [6, 6.07) is 3.34. The summed E-state index contributed by atoms with van der Waals surface area (Å²) >= 11 is 3.47. The molecule has 0 radical (unpaired) electrons. The van der Waals surface area contributed by atoms with Gasteiger partial charge in [0.25, 0.3) is 0 Å². The summed E-state index contributed by atoms with van der Waals surface area (Å²) in [5.74, 6) is -0.170. The SMILES string of the molecule is Cc1cc(NC(=O)C(C)N)cc(C)c1Br.Cl. The van der Waals surface area contributed by atoms with Crippen molar-refractivity contribution in [3.63, 3.8) is 0 Å². The van der Waals surface area contributed by atoms with Gasteiger partial charge in [-0.1, -0.05) is 15.9 Å². The van der Waals surface area contributed by atoms with Gasteiger partial charge in [0.2, 0.25) is 5.91 Å². The molecule has 1 unspecified atom stereocenters. The van der Waals surface area contributed by atoms with Crippen molar-refractivity contribution in [2.75, 3.05) is 5.32 Å². The highest BCUT2D eigenvalue weighted by Gasteiger charge is 2.09. The molecular formula is C11H16BrClN2O. The fourth-order valence-electron chi connectivity index (χ4n) is 1.27. The normalized spacial score (nSPS) is 11.6. The van der Waals surface area contributed by atoms with Gasteiger partial charge in [0.1, 0.15) is 0 Å². The van der Waals surface area contributed by atoms with Crippen molar-refractivity contribution in [3.8, 4) is 0 Å². The van der Waals surface area contributed by atoms with E-state index in [0.717, 1.165) is 21.3 Å². The van der Waals surface area contributed by atoms with Crippen LogP contribution in [-0.2, 0) is 4.79 Å². The highest BCUT2D eigenvalue weighted by Crippen LogP contribution is 2.24. The molecular weight excluding hydrogens is 291 g/mol. The minimum absolute atomic E-state index is 0. The monoisotopic (exact) mass is 306 g/mol. The van der Waals surface area contributed by atoms with Crippen molar-refractivity contribution in [2.45, 2.75) is 26.8 Å². The Hall–Kier alpha value is -0.580. The van der Waals surface area contributed by atoms with E-state index in [1.54, 1.807) is 6.92 Å². The summed E-state index contributed by atoms with van der Waals surface area (Å²) in [6.07, 6.45) is 0. The third-order valence-electron chi connectivity index (χ3n) is 2.12. The van der Waals surface area contributed by atoms with Gasteiger partial charge in [-0.15, -0.1) is 12.4 Å². The van der Waals surface area contributed by atoms with Crippen LogP contribution in [0.3, 0.4) is 0 Å². The van der Waals surface area contributed by atoms with E-state index in [1.165, 1.54) is 0 Å². The Balaban J connectivity index is 0.00000225. The number of carbonyl (C=O) groups excluding carboxylic acids is 1. The molecule has 1 aromatic carbocycles. The molecule has 1 aromatic rings. The van der Waals surface area contributed by atoms with Crippen molar-refractivity contribution in [1.29, 1.82) is 0 Å². The molecule has 5 heteroatoms. The Morgan fingerprint density at radius 2 is 1.81 bits per heavy atom. The lowest BCUT2D eigenvalue weighted by Crippen LogP contribution is -2.32. The molecule has 0 saturated heterocycles. The number of halogens is 2. The van der Waals surface area contributed by atoms with Crippen LogP contribution < -0.4 is 11.1 Å². The summed E-state index contributed by atoms with van der Waals surface area (Å²) in [4.78, 5) is 11.4. The van der Waals surface area contributed by atoms with Crippen LogP contribution in [0.25, 0.3) is 0 Å². The van der Waals surface area contributed by atoms with Gasteiger partial charge in [-0.2, -0.15) is 0 Å². The molecule has 3 nitrogen and oxygen atoms in total. The van der Waals surface area contributed by atoms with Crippen LogP contribution in [0.15, 0.2) is 16.6 Å². The van der Waals surface area contributed by atoms with Crippen molar-refractivity contribution in [2.24, 2.45) is 5.73 Å². The van der Waals surface area contributed by atoms with E-state index in [0.29, 0.717) is 0 Å². The van der Waals surface area contributed by atoms with Crippen LogP contribution >= 0.6 is 28.3 Å². The van der Waals surface area contributed by atoms with E-state index in [1.807, 2.05) is 26.0 Å². The average Bonchev–Trinajstić information content (AvgIpc) is 2.13. The third kappa shape index (κ3) is 3.77. The highest BCUT2D eigenvalue weighted by atomic mass is 79.9. The number of benzene rings is 1. The predicted octanol–water partition coefficient (Wildman–Crippen LogP) is 2.77. The molecule has 90 valence electrons. The largest absolute Gasteiger partial charge is 0.325 e. The van der Waals surface area contributed by atoms with Crippen molar-refractivity contribution >= 4 is 39.9 Å². The van der Waals surface area contributed by atoms with Crippen LogP contribution in [0.2, 0.25) is 0 Å². The summed E-state index contributed by atoms with van der Waals surface area (Å²) in [7, 11) is 0. The highest BCUT2D eigenvalue weighted by molar-refractivity contribution is 9.10. The maximum absolute atomic E-state index is 11.4. The van der Waals surface area contributed by atoms with E-state index in [-0.39, 0.29) is 18.3 Å². The first kappa shape index (κ1) is 15.4. The maximum atomic E-state index is 11.4. The minimum Gasteiger partial charge on any atom is -0.325 e. The average molecular weight is 308 g/mol. The lowest BCUT2D eigenvalue weighted by atomic mass is 10.1. The second kappa shape index (κ2) is 6.23. The summed E-state index contributed by atoms with van der Waals surface area (Å²) < 4.78 is 1.07. The van der Waals surface area contributed by atoms with Crippen LogP contribution in [0.5, 0.6) is 0 Å². The van der Waals surface area contributed by atoms with E-state index in [2.05, 4.69) is 21.2 Å². The number of amides is 1. The van der Waals surface area contributed by atoms with Crippen LogP contribution in [0.1, 0.15) is 18.1 Å². The maximum Gasteiger partial charge on any atom is 0.240 e. The van der Waals surface area contributed by atoms with Gasteiger partial charge in [-0.05, 0) is 44.0 Å². The van der Waals surface area contributed by atoms with Gasteiger partial charge in [0.15, 0.2) is 0 Å². The summed E-state index contributed by atoms with van der Waals surface area (Å²) in [5.41, 5.74) is 8.44. The Morgan fingerprint density at radius 1 is 1.38 bits per heavy atom. The number of nitrogens with one attached hydrogen (secondary N) is 1. The molecule has 1 amide bonds. The Morgan fingerprint density at radius 3 is 2.19 bits per heavy atom. The lowest BCUT2D eigenvalue weighted by molar-refractivity contribution is -0.117. The van der Waals surface area contributed by atoms with Crippen molar-refractivity contribution in [3.05, 3.63) is 27.7 Å². The van der Waals surface area contributed by atoms with Crippen molar-refractivity contribution < 1.29 is 4.79 Å². The number of rotatable bonds is 2. The molecule has 0 spiro atoms.